The van der Waals surface area contributed by atoms with Gasteiger partial charge in [-0.3, -0.25) is 0 Å². The zero-order valence-corrected chi connectivity index (χ0v) is 11.0. The fourth-order valence-electron chi connectivity index (χ4n) is 1.82. The third kappa shape index (κ3) is 2.32. The summed E-state index contributed by atoms with van der Waals surface area (Å²) in [5.74, 6) is 0.718. The molecule has 3 heteroatoms. The van der Waals surface area contributed by atoms with Gasteiger partial charge in [0.2, 0.25) is 0 Å². The van der Waals surface area contributed by atoms with Crippen LogP contribution >= 0.6 is 11.6 Å². The number of rotatable bonds is 2. The van der Waals surface area contributed by atoms with Crippen LogP contribution in [0, 0.1) is 13.8 Å². The van der Waals surface area contributed by atoms with Gasteiger partial charge in [-0.2, -0.15) is 0 Å². The molecule has 0 radical (unpaired) electrons. The van der Waals surface area contributed by atoms with Crippen LogP contribution < -0.4 is 0 Å². The molecule has 0 spiro atoms. The quantitative estimate of drug-likeness (QED) is 0.750. The molecule has 0 atom stereocenters. The summed E-state index contributed by atoms with van der Waals surface area (Å²) < 4.78 is 0. The first-order chi connectivity index (χ1) is 8.13. The largest absolute Gasteiger partial charge is 0.233 e. The minimum Gasteiger partial charge on any atom is -0.233 e. The second-order valence-corrected chi connectivity index (χ2v) is 4.44. The molecule has 17 heavy (non-hydrogen) atoms. The normalized spacial score (nSPS) is 10.6. The molecule has 0 aliphatic rings. The van der Waals surface area contributed by atoms with E-state index in [-0.39, 0.29) is 0 Å². The van der Waals surface area contributed by atoms with E-state index in [0.717, 1.165) is 34.6 Å². The molecule has 0 saturated heterocycles. The molecule has 1 aromatic carbocycles. The van der Waals surface area contributed by atoms with Crippen molar-refractivity contribution in [3.05, 3.63) is 46.2 Å². The van der Waals surface area contributed by atoms with Crippen molar-refractivity contribution in [3.8, 4) is 11.4 Å². The first-order valence-corrected chi connectivity index (χ1v) is 6.10. The fourth-order valence-corrected chi connectivity index (χ4v) is 2.01. The van der Waals surface area contributed by atoms with Crippen molar-refractivity contribution in [2.75, 3.05) is 0 Å². The Labute approximate surface area is 107 Å². The minimum atomic E-state index is 0.551. The van der Waals surface area contributed by atoms with Crippen LogP contribution in [-0.2, 0) is 6.42 Å². The highest BCUT2D eigenvalue weighted by Gasteiger charge is 2.10. The molecule has 0 N–H and O–H groups in total. The number of hydrogen-bond acceptors (Lipinski definition) is 2. The van der Waals surface area contributed by atoms with Crippen LogP contribution in [0.3, 0.4) is 0 Å². The van der Waals surface area contributed by atoms with Crippen molar-refractivity contribution in [1.82, 2.24) is 9.97 Å². The Morgan fingerprint density at radius 3 is 2.47 bits per heavy atom. The lowest BCUT2D eigenvalue weighted by molar-refractivity contribution is 0.975. The maximum Gasteiger partial charge on any atom is 0.161 e. The van der Waals surface area contributed by atoms with E-state index in [0.29, 0.717) is 5.15 Å². The molecule has 1 heterocycles. The highest BCUT2D eigenvalue weighted by Crippen LogP contribution is 2.24. The van der Waals surface area contributed by atoms with Crippen LogP contribution in [0.5, 0.6) is 0 Å². The number of hydrogen-bond donors (Lipinski definition) is 0. The first kappa shape index (κ1) is 12.1. The topological polar surface area (TPSA) is 25.8 Å². The number of halogens is 1. The monoisotopic (exact) mass is 246 g/mol. The van der Waals surface area contributed by atoms with Gasteiger partial charge in [-0.25, -0.2) is 9.97 Å². The second kappa shape index (κ2) is 4.84. The molecule has 0 bridgehead atoms. The standard InChI is InChI=1S/C14H15ClN2/c1-4-12-10(3)13(15)17-14(16-12)11-8-6-5-7-9(11)2/h5-8H,4H2,1-3H3. The van der Waals surface area contributed by atoms with Gasteiger partial charge in [0.15, 0.2) is 5.82 Å². The van der Waals surface area contributed by atoms with Crippen molar-refractivity contribution in [3.63, 3.8) is 0 Å². The van der Waals surface area contributed by atoms with Crippen molar-refractivity contribution >= 4 is 11.6 Å². The van der Waals surface area contributed by atoms with E-state index >= 15 is 0 Å². The molecular formula is C14H15ClN2. The van der Waals surface area contributed by atoms with Crippen LogP contribution in [0.4, 0.5) is 0 Å². The molecular weight excluding hydrogens is 232 g/mol. The minimum absolute atomic E-state index is 0.551. The molecule has 1 aromatic heterocycles. The Morgan fingerprint density at radius 2 is 1.82 bits per heavy atom. The van der Waals surface area contributed by atoms with Crippen molar-refractivity contribution in [1.29, 1.82) is 0 Å². The molecule has 2 nitrogen and oxygen atoms in total. The zero-order valence-electron chi connectivity index (χ0n) is 10.3. The lowest BCUT2D eigenvalue weighted by Gasteiger charge is -2.09. The van der Waals surface area contributed by atoms with Crippen LogP contribution in [0.25, 0.3) is 11.4 Å². The van der Waals surface area contributed by atoms with Gasteiger partial charge in [-0.1, -0.05) is 42.8 Å². The van der Waals surface area contributed by atoms with E-state index in [1.54, 1.807) is 0 Å². The lowest BCUT2D eigenvalue weighted by Crippen LogP contribution is -2.00. The average Bonchev–Trinajstić information content (AvgIpc) is 2.33. The Hall–Kier alpha value is -1.41. The zero-order chi connectivity index (χ0) is 12.4. The van der Waals surface area contributed by atoms with Crippen molar-refractivity contribution in [2.24, 2.45) is 0 Å². The number of nitrogens with zero attached hydrogens (tertiary/aromatic N) is 2. The van der Waals surface area contributed by atoms with Gasteiger partial charge < -0.3 is 0 Å². The molecule has 2 rings (SSSR count). The van der Waals surface area contributed by atoms with Gasteiger partial charge in [0.25, 0.3) is 0 Å². The molecule has 0 aliphatic carbocycles. The van der Waals surface area contributed by atoms with Gasteiger partial charge in [0.05, 0.1) is 0 Å². The number of benzene rings is 1. The summed E-state index contributed by atoms with van der Waals surface area (Å²) in [6.07, 6.45) is 0.868. The Morgan fingerprint density at radius 1 is 1.12 bits per heavy atom. The second-order valence-electron chi connectivity index (χ2n) is 4.08. The smallest absolute Gasteiger partial charge is 0.161 e. The molecule has 0 aliphatic heterocycles. The highest BCUT2D eigenvalue weighted by molar-refractivity contribution is 6.30. The van der Waals surface area contributed by atoms with Crippen LogP contribution in [-0.4, -0.2) is 9.97 Å². The molecule has 0 unspecified atom stereocenters. The fraction of sp³-hybridized carbons (Fsp3) is 0.286. The van der Waals surface area contributed by atoms with Crippen molar-refractivity contribution < 1.29 is 0 Å². The van der Waals surface area contributed by atoms with E-state index < -0.39 is 0 Å². The summed E-state index contributed by atoms with van der Waals surface area (Å²) in [6, 6.07) is 8.08. The van der Waals surface area contributed by atoms with Gasteiger partial charge in [-0.05, 0) is 25.8 Å². The van der Waals surface area contributed by atoms with Gasteiger partial charge in [-0.15, -0.1) is 0 Å². The molecule has 0 amide bonds. The average molecular weight is 247 g/mol. The lowest BCUT2D eigenvalue weighted by atomic mass is 10.1. The molecule has 0 fully saturated rings. The summed E-state index contributed by atoms with van der Waals surface area (Å²) in [4.78, 5) is 8.95. The SMILES string of the molecule is CCc1nc(-c2ccccc2C)nc(Cl)c1C. The maximum absolute atomic E-state index is 6.15. The maximum atomic E-state index is 6.15. The van der Waals surface area contributed by atoms with Crippen LogP contribution in [0.1, 0.15) is 23.7 Å². The van der Waals surface area contributed by atoms with Gasteiger partial charge >= 0.3 is 0 Å². The van der Waals surface area contributed by atoms with Gasteiger partial charge in [0.1, 0.15) is 5.15 Å². The highest BCUT2D eigenvalue weighted by atomic mass is 35.5. The summed E-state index contributed by atoms with van der Waals surface area (Å²) in [5, 5.41) is 0.551. The summed E-state index contributed by atoms with van der Waals surface area (Å²) in [7, 11) is 0. The van der Waals surface area contributed by atoms with Crippen LogP contribution in [0.15, 0.2) is 24.3 Å². The number of aromatic nitrogens is 2. The Balaban J connectivity index is 2.61. The van der Waals surface area contributed by atoms with E-state index in [4.69, 9.17) is 11.6 Å². The Kier molecular flexibility index (Phi) is 3.43. The van der Waals surface area contributed by atoms with E-state index in [1.165, 1.54) is 0 Å². The number of aryl methyl sites for hydroxylation is 2. The molecule has 2 aromatic rings. The first-order valence-electron chi connectivity index (χ1n) is 5.72. The van der Waals surface area contributed by atoms with Gasteiger partial charge in [0, 0.05) is 16.8 Å². The van der Waals surface area contributed by atoms with Crippen LogP contribution in [0.2, 0.25) is 5.15 Å². The van der Waals surface area contributed by atoms with E-state index in [1.807, 2.05) is 25.1 Å². The summed E-state index contributed by atoms with van der Waals surface area (Å²) in [5.41, 5.74) is 4.20. The summed E-state index contributed by atoms with van der Waals surface area (Å²) in [6.45, 7) is 6.09. The predicted octanol–water partition coefficient (Wildman–Crippen LogP) is 3.98. The molecule has 0 saturated carbocycles. The summed E-state index contributed by atoms with van der Waals surface area (Å²) >= 11 is 6.15. The van der Waals surface area contributed by atoms with Crippen molar-refractivity contribution in [2.45, 2.75) is 27.2 Å². The van der Waals surface area contributed by atoms with E-state index in [2.05, 4.69) is 29.9 Å². The molecule has 88 valence electrons. The third-order valence-corrected chi connectivity index (χ3v) is 3.28. The van der Waals surface area contributed by atoms with E-state index in [9.17, 15) is 0 Å². The predicted molar refractivity (Wildman–Crippen MR) is 71.3 cm³/mol. The Bertz CT molecular complexity index is 550. The third-order valence-electron chi connectivity index (χ3n) is 2.91.